The standard InChI is InChI=1S/C26H33N3O2S/c30-25(27-22-12-5-10-19-7-3-4-11-21(19)22)24(20-8-1-2-9-20)28-14-16-29(17-15-28)26(31)23-13-6-18-32-23/h3-4,6-7,11,13,18,20,22,24H,1-2,5,8-10,12,14-17H2,(H,27,30). The van der Waals surface area contributed by atoms with E-state index in [1.807, 2.05) is 22.4 Å². The van der Waals surface area contributed by atoms with Crippen LogP contribution in [0.15, 0.2) is 41.8 Å². The van der Waals surface area contributed by atoms with E-state index in [0.717, 1.165) is 50.1 Å². The van der Waals surface area contributed by atoms with E-state index in [4.69, 9.17) is 0 Å². The summed E-state index contributed by atoms with van der Waals surface area (Å²) < 4.78 is 0. The Kier molecular flexibility index (Phi) is 6.60. The maximum absolute atomic E-state index is 13.7. The number of hydrogen-bond donors (Lipinski definition) is 1. The van der Waals surface area contributed by atoms with Gasteiger partial charge in [-0.25, -0.2) is 0 Å². The summed E-state index contributed by atoms with van der Waals surface area (Å²) in [4.78, 5) is 31.5. The average molecular weight is 452 g/mol. The minimum atomic E-state index is -0.0782. The number of thiophene rings is 1. The predicted molar refractivity (Wildman–Crippen MR) is 128 cm³/mol. The van der Waals surface area contributed by atoms with Crippen LogP contribution in [0.5, 0.6) is 0 Å². The number of aryl methyl sites for hydroxylation is 1. The lowest BCUT2D eigenvalue weighted by Crippen LogP contribution is -2.58. The number of carbonyl (C=O) groups excluding carboxylic acids is 2. The maximum Gasteiger partial charge on any atom is 0.264 e. The number of fused-ring (bicyclic) bond motifs is 1. The zero-order chi connectivity index (χ0) is 21.9. The van der Waals surface area contributed by atoms with Crippen molar-refractivity contribution in [3.8, 4) is 0 Å². The summed E-state index contributed by atoms with van der Waals surface area (Å²) in [5, 5.41) is 5.40. The van der Waals surface area contributed by atoms with Crippen LogP contribution in [-0.4, -0.2) is 53.8 Å². The number of piperazine rings is 1. The molecule has 1 aromatic heterocycles. The monoisotopic (exact) mass is 451 g/mol. The van der Waals surface area contributed by atoms with Crippen molar-refractivity contribution in [1.29, 1.82) is 0 Å². The Morgan fingerprint density at radius 1 is 0.938 bits per heavy atom. The van der Waals surface area contributed by atoms with Crippen molar-refractivity contribution in [3.63, 3.8) is 0 Å². The summed E-state index contributed by atoms with van der Waals surface area (Å²) in [5.41, 5.74) is 2.67. The summed E-state index contributed by atoms with van der Waals surface area (Å²) >= 11 is 1.50. The van der Waals surface area contributed by atoms with Gasteiger partial charge in [-0.1, -0.05) is 43.2 Å². The minimum Gasteiger partial charge on any atom is -0.348 e. The second-order valence-electron chi connectivity index (χ2n) is 9.45. The van der Waals surface area contributed by atoms with Crippen molar-refractivity contribution in [2.24, 2.45) is 5.92 Å². The minimum absolute atomic E-state index is 0.0782. The molecule has 5 nitrogen and oxygen atoms in total. The third-order valence-corrected chi connectivity index (χ3v) is 8.39. The van der Waals surface area contributed by atoms with E-state index < -0.39 is 0 Å². The second kappa shape index (κ2) is 9.75. The van der Waals surface area contributed by atoms with Gasteiger partial charge in [0.05, 0.1) is 17.0 Å². The van der Waals surface area contributed by atoms with Crippen LogP contribution >= 0.6 is 11.3 Å². The summed E-state index contributed by atoms with van der Waals surface area (Å²) in [6.45, 7) is 2.93. The van der Waals surface area contributed by atoms with Crippen LogP contribution in [-0.2, 0) is 11.2 Å². The summed E-state index contributed by atoms with van der Waals surface area (Å²) in [6, 6.07) is 12.4. The van der Waals surface area contributed by atoms with Gasteiger partial charge in [0, 0.05) is 26.2 Å². The highest BCUT2D eigenvalue weighted by molar-refractivity contribution is 7.12. The topological polar surface area (TPSA) is 52.7 Å². The van der Waals surface area contributed by atoms with Gasteiger partial charge in [0.25, 0.3) is 5.91 Å². The van der Waals surface area contributed by atoms with Crippen molar-refractivity contribution in [3.05, 3.63) is 57.8 Å². The van der Waals surface area contributed by atoms with Gasteiger partial charge < -0.3 is 10.2 Å². The molecule has 2 unspecified atom stereocenters. The molecule has 2 fully saturated rings. The molecule has 2 aliphatic carbocycles. The molecule has 3 aliphatic rings. The molecule has 1 N–H and O–H groups in total. The number of amides is 2. The van der Waals surface area contributed by atoms with E-state index >= 15 is 0 Å². The summed E-state index contributed by atoms with van der Waals surface area (Å²) in [7, 11) is 0. The largest absolute Gasteiger partial charge is 0.348 e. The first-order chi connectivity index (χ1) is 15.7. The molecule has 0 radical (unpaired) electrons. The van der Waals surface area contributed by atoms with Crippen LogP contribution in [0.3, 0.4) is 0 Å². The van der Waals surface area contributed by atoms with Crippen molar-refractivity contribution < 1.29 is 9.59 Å². The fourth-order valence-electron chi connectivity index (χ4n) is 5.87. The van der Waals surface area contributed by atoms with Gasteiger partial charge in [0.15, 0.2) is 0 Å². The molecule has 0 bridgehead atoms. The first kappa shape index (κ1) is 21.7. The lowest BCUT2D eigenvalue weighted by Gasteiger charge is -2.41. The third kappa shape index (κ3) is 4.48. The molecule has 2 atom stereocenters. The molecule has 2 heterocycles. The highest BCUT2D eigenvalue weighted by atomic mass is 32.1. The quantitative estimate of drug-likeness (QED) is 0.739. The van der Waals surface area contributed by atoms with Gasteiger partial charge in [-0.2, -0.15) is 0 Å². The van der Waals surface area contributed by atoms with Gasteiger partial charge in [-0.05, 0) is 60.6 Å². The van der Waals surface area contributed by atoms with Crippen molar-refractivity contribution >= 4 is 23.2 Å². The molecule has 6 heteroatoms. The molecule has 32 heavy (non-hydrogen) atoms. The molecule has 1 aliphatic heterocycles. The maximum atomic E-state index is 13.7. The number of benzene rings is 1. The second-order valence-corrected chi connectivity index (χ2v) is 10.4. The van der Waals surface area contributed by atoms with Gasteiger partial charge in [-0.3, -0.25) is 14.5 Å². The van der Waals surface area contributed by atoms with Crippen LogP contribution in [0.4, 0.5) is 0 Å². The number of hydrogen-bond acceptors (Lipinski definition) is 4. The van der Waals surface area contributed by atoms with Crippen LogP contribution < -0.4 is 5.32 Å². The predicted octanol–water partition coefficient (Wildman–Crippen LogP) is 4.26. The molecule has 2 amide bonds. The Bertz CT molecular complexity index is 930. The SMILES string of the molecule is O=C(NC1CCCc2ccccc21)C(C1CCCC1)N1CCN(C(=O)c2cccs2)CC1. The van der Waals surface area contributed by atoms with E-state index in [1.54, 1.807) is 0 Å². The van der Waals surface area contributed by atoms with Gasteiger partial charge in [0.2, 0.25) is 5.91 Å². The lowest BCUT2D eigenvalue weighted by atomic mass is 9.87. The molecule has 1 saturated heterocycles. The first-order valence-electron chi connectivity index (χ1n) is 12.2. The van der Waals surface area contributed by atoms with E-state index in [2.05, 4.69) is 34.5 Å². The molecule has 2 aromatic rings. The summed E-state index contributed by atoms with van der Waals surface area (Å²) in [5.74, 6) is 0.741. The molecular formula is C26H33N3O2S. The number of rotatable bonds is 5. The number of carbonyl (C=O) groups is 2. The van der Waals surface area contributed by atoms with Gasteiger partial charge >= 0.3 is 0 Å². The van der Waals surface area contributed by atoms with E-state index in [-0.39, 0.29) is 23.9 Å². The Hall–Kier alpha value is -2.18. The Balaban J connectivity index is 1.27. The average Bonchev–Trinajstić information content (AvgIpc) is 3.55. The molecule has 5 rings (SSSR count). The third-order valence-electron chi connectivity index (χ3n) is 7.53. The zero-order valence-electron chi connectivity index (χ0n) is 18.7. The Morgan fingerprint density at radius 2 is 1.72 bits per heavy atom. The molecule has 0 spiro atoms. The number of nitrogens with one attached hydrogen (secondary N) is 1. The molecular weight excluding hydrogens is 418 g/mol. The van der Waals surface area contributed by atoms with Crippen LogP contribution in [0.25, 0.3) is 0 Å². The molecule has 170 valence electrons. The lowest BCUT2D eigenvalue weighted by molar-refractivity contribution is -0.130. The van der Waals surface area contributed by atoms with Crippen molar-refractivity contribution in [2.75, 3.05) is 26.2 Å². The Morgan fingerprint density at radius 3 is 2.47 bits per heavy atom. The van der Waals surface area contributed by atoms with Crippen molar-refractivity contribution in [2.45, 2.75) is 57.0 Å². The molecule has 1 saturated carbocycles. The number of nitrogens with zero attached hydrogens (tertiary/aromatic N) is 2. The fraction of sp³-hybridized carbons (Fsp3) is 0.538. The summed E-state index contributed by atoms with van der Waals surface area (Å²) in [6.07, 6.45) is 7.95. The highest BCUT2D eigenvalue weighted by Crippen LogP contribution is 2.33. The van der Waals surface area contributed by atoms with Gasteiger partial charge in [0.1, 0.15) is 0 Å². The van der Waals surface area contributed by atoms with Gasteiger partial charge in [-0.15, -0.1) is 11.3 Å². The fourth-order valence-corrected chi connectivity index (χ4v) is 6.56. The van der Waals surface area contributed by atoms with Crippen LogP contribution in [0, 0.1) is 5.92 Å². The smallest absolute Gasteiger partial charge is 0.264 e. The molecule has 1 aromatic carbocycles. The normalized spacial score (nSPS) is 23.0. The highest BCUT2D eigenvalue weighted by Gasteiger charge is 2.38. The zero-order valence-corrected chi connectivity index (χ0v) is 19.5. The first-order valence-corrected chi connectivity index (χ1v) is 13.0. The van der Waals surface area contributed by atoms with Crippen molar-refractivity contribution in [1.82, 2.24) is 15.1 Å². The Labute approximate surface area is 194 Å². The van der Waals surface area contributed by atoms with Crippen LogP contribution in [0.1, 0.15) is 65.4 Å². The van der Waals surface area contributed by atoms with E-state index in [1.165, 1.54) is 35.3 Å². The van der Waals surface area contributed by atoms with E-state index in [0.29, 0.717) is 19.0 Å². The van der Waals surface area contributed by atoms with E-state index in [9.17, 15) is 9.59 Å². The van der Waals surface area contributed by atoms with Crippen LogP contribution in [0.2, 0.25) is 0 Å².